The first kappa shape index (κ1) is 67.1. The second kappa shape index (κ2) is 49.0. The smallest absolute Gasteiger partial charge is 0.306 e. The summed E-state index contributed by atoms with van der Waals surface area (Å²) in [4.78, 5) is 26.5. The number of nitrogens with one attached hydrogen (secondary N) is 1. The van der Waals surface area contributed by atoms with Gasteiger partial charge in [0.15, 0.2) is 12.4 Å². The summed E-state index contributed by atoms with van der Waals surface area (Å²) in [5, 5.41) is 56.8. The van der Waals surface area contributed by atoms with Gasteiger partial charge in [-0.15, -0.1) is 0 Å². The molecule has 6 N–H and O–H groups in total. The summed E-state index contributed by atoms with van der Waals surface area (Å²) in [5.74, 6) is -1.23. The van der Waals surface area contributed by atoms with Crippen LogP contribution in [0.15, 0.2) is 72.9 Å². The summed E-state index contributed by atoms with van der Waals surface area (Å²) >= 11 is 0. The fourth-order valence-corrected chi connectivity index (χ4v) is 8.69. The summed E-state index contributed by atoms with van der Waals surface area (Å²) in [6, 6.07) is -1.03. The Kier molecular flexibility index (Phi) is 45.7. The summed E-state index contributed by atoms with van der Waals surface area (Å²) < 4.78 is 17.6. The second-order valence-electron chi connectivity index (χ2n) is 20.0. The molecule has 1 saturated heterocycles. The highest BCUT2D eigenvalue weighted by Crippen LogP contribution is 2.26. The van der Waals surface area contributed by atoms with Crippen LogP contribution in [-0.2, 0) is 23.8 Å². The van der Waals surface area contributed by atoms with E-state index in [4.69, 9.17) is 14.2 Å². The van der Waals surface area contributed by atoms with E-state index in [1.165, 1.54) is 83.5 Å². The highest BCUT2D eigenvalue weighted by molar-refractivity contribution is 5.80. The van der Waals surface area contributed by atoms with Crippen LogP contribution in [0.25, 0.3) is 0 Å². The standard InChI is InChI=1S/C61H107NO10/c1-4-7-10-13-16-19-22-25-27-28-30-33-36-39-42-45-48-54(65)60(69)62-52(53(64)47-44-41-38-35-32-29-24-21-18-15-12-9-6-3)51-70-61-59(58(68)57(67)55(50-63)71-61)72-56(66)49-46-43-40-37-34-31-26-23-20-17-14-11-8-5-2/h8,11,16-17,19-20,25-27,31,44,47,52-55,57-59,61,63-65,67-68H,4-7,9-10,12-15,18,21-24,28-30,32-43,45-46,48-51H2,1-3H3,(H,62,69)/b11-8+,19-16-,20-17+,27-25-,31-26+,47-44+. The number of ether oxygens (including phenoxy) is 3. The number of aliphatic hydroxyl groups is 5. The van der Waals surface area contributed by atoms with E-state index < -0.39 is 67.4 Å². The molecule has 8 unspecified atom stereocenters. The van der Waals surface area contributed by atoms with Gasteiger partial charge in [0.2, 0.25) is 5.91 Å². The quantitative estimate of drug-likeness (QED) is 0.0195. The Hall–Kier alpha value is -2.90. The second-order valence-corrected chi connectivity index (χ2v) is 20.0. The molecule has 72 heavy (non-hydrogen) atoms. The third-order valence-electron chi connectivity index (χ3n) is 13.3. The summed E-state index contributed by atoms with van der Waals surface area (Å²) in [6.07, 6.45) is 50.8. The molecule has 1 amide bonds. The van der Waals surface area contributed by atoms with E-state index in [2.05, 4.69) is 86.8 Å². The number of hydrogen-bond acceptors (Lipinski definition) is 10. The van der Waals surface area contributed by atoms with E-state index in [9.17, 15) is 35.1 Å². The molecule has 416 valence electrons. The van der Waals surface area contributed by atoms with E-state index in [-0.39, 0.29) is 19.4 Å². The zero-order chi connectivity index (χ0) is 52.5. The number of hydrogen-bond donors (Lipinski definition) is 6. The lowest BCUT2D eigenvalue weighted by atomic mass is 9.99. The van der Waals surface area contributed by atoms with E-state index in [1.54, 1.807) is 6.08 Å². The van der Waals surface area contributed by atoms with Crippen LogP contribution < -0.4 is 5.32 Å². The zero-order valence-corrected chi connectivity index (χ0v) is 45.8. The van der Waals surface area contributed by atoms with Gasteiger partial charge in [-0.05, 0) is 89.9 Å². The van der Waals surface area contributed by atoms with Crippen LogP contribution in [0.1, 0.15) is 239 Å². The fourth-order valence-electron chi connectivity index (χ4n) is 8.69. The Morgan fingerprint density at radius 2 is 1.00 bits per heavy atom. The largest absolute Gasteiger partial charge is 0.454 e. The van der Waals surface area contributed by atoms with Gasteiger partial charge in [-0.2, -0.15) is 0 Å². The fraction of sp³-hybridized carbons (Fsp3) is 0.770. The van der Waals surface area contributed by atoms with Crippen molar-refractivity contribution in [3.8, 4) is 0 Å². The molecule has 0 aromatic carbocycles. The van der Waals surface area contributed by atoms with Crippen molar-refractivity contribution in [1.29, 1.82) is 0 Å². The molecule has 0 aromatic heterocycles. The third kappa shape index (κ3) is 36.9. The minimum absolute atomic E-state index is 0.0942. The van der Waals surface area contributed by atoms with Crippen LogP contribution in [0.4, 0.5) is 0 Å². The maximum Gasteiger partial charge on any atom is 0.306 e. The molecular weight excluding hydrogens is 907 g/mol. The van der Waals surface area contributed by atoms with Crippen LogP contribution in [0.5, 0.6) is 0 Å². The molecule has 11 heteroatoms. The molecule has 0 saturated carbocycles. The number of rotatable bonds is 48. The van der Waals surface area contributed by atoms with Gasteiger partial charge in [0.1, 0.15) is 24.4 Å². The number of unbranched alkanes of at least 4 members (excludes halogenated alkanes) is 24. The minimum atomic E-state index is -1.63. The molecule has 1 aliphatic rings. The summed E-state index contributed by atoms with van der Waals surface area (Å²) in [7, 11) is 0. The van der Waals surface area contributed by atoms with Crippen LogP contribution >= 0.6 is 0 Å². The molecule has 8 atom stereocenters. The van der Waals surface area contributed by atoms with Crippen LogP contribution in [0, 0.1) is 0 Å². The normalized spacial score (nSPS) is 20.0. The maximum atomic E-state index is 13.4. The lowest BCUT2D eigenvalue weighted by Gasteiger charge is -2.41. The van der Waals surface area contributed by atoms with Gasteiger partial charge in [0.25, 0.3) is 0 Å². The van der Waals surface area contributed by atoms with Crippen molar-refractivity contribution >= 4 is 11.9 Å². The van der Waals surface area contributed by atoms with Gasteiger partial charge in [-0.3, -0.25) is 9.59 Å². The molecule has 0 bridgehead atoms. The van der Waals surface area contributed by atoms with Gasteiger partial charge in [-0.25, -0.2) is 0 Å². The third-order valence-corrected chi connectivity index (χ3v) is 13.3. The predicted octanol–water partition coefficient (Wildman–Crippen LogP) is 13.2. The van der Waals surface area contributed by atoms with Gasteiger partial charge >= 0.3 is 5.97 Å². The Labute approximate surface area is 439 Å². The average molecular weight is 1010 g/mol. The first-order valence-electron chi connectivity index (χ1n) is 29.2. The Morgan fingerprint density at radius 1 is 0.556 bits per heavy atom. The number of amides is 1. The van der Waals surface area contributed by atoms with E-state index >= 15 is 0 Å². The lowest BCUT2D eigenvalue weighted by Crippen LogP contribution is -2.61. The van der Waals surface area contributed by atoms with E-state index in [0.29, 0.717) is 12.8 Å². The first-order chi connectivity index (χ1) is 35.2. The number of carbonyl (C=O) groups is 2. The molecule has 1 heterocycles. The summed E-state index contributed by atoms with van der Waals surface area (Å²) in [5.41, 5.74) is 0. The molecular formula is C61H107NO10. The Morgan fingerprint density at radius 3 is 1.53 bits per heavy atom. The van der Waals surface area contributed by atoms with E-state index in [0.717, 1.165) is 109 Å². The molecule has 0 spiro atoms. The minimum Gasteiger partial charge on any atom is -0.454 e. The van der Waals surface area contributed by atoms with Crippen molar-refractivity contribution in [2.45, 2.75) is 288 Å². The molecule has 11 nitrogen and oxygen atoms in total. The predicted molar refractivity (Wildman–Crippen MR) is 296 cm³/mol. The Bertz CT molecular complexity index is 1440. The molecule has 1 aliphatic heterocycles. The van der Waals surface area contributed by atoms with Gasteiger partial charge in [0.05, 0.1) is 25.4 Å². The van der Waals surface area contributed by atoms with Crippen molar-refractivity contribution in [3.63, 3.8) is 0 Å². The number of carbonyl (C=O) groups excluding carboxylic acids is 2. The van der Waals surface area contributed by atoms with Gasteiger partial charge < -0.3 is 45.1 Å². The number of allylic oxidation sites excluding steroid dienone is 11. The topological polar surface area (TPSA) is 175 Å². The number of aliphatic hydroxyl groups excluding tert-OH is 5. The van der Waals surface area contributed by atoms with E-state index in [1.807, 2.05) is 6.08 Å². The highest BCUT2D eigenvalue weighted by atomic mass is 16.7. The lowest BCUT2D eigenvalue weighted by molar-refractivity contribution is -0.305. The van der Waals surface area contributed by atoms with Gasteiger partial charge in [0, 0.05) is 6.42 Å². The molecule has 0 radical (unpaired) electrons. The molecule has 0 aromatic rings. The molecule has 0 aliphatic carbocycles. The highest BCUT2D eigenvalue weighted by Gasteiger charge is 2.47. The van der Waals surface area contributed by atoms with Crippen molar-refractivity contribution in [1.82, 2.24) is 5.32 Å². The van der Waals surface area contributed by atoms with Crippen LogP contribution in [0.2, 0.25) is 0 Å². The first-order valence-corrected chi connectivity index (χ1v) is 29.2. The van der Waals surface area contributed by atoms with Crippen molar-refractivity contribution < 1.29 is 49.3 Å². The average Bonchev–Trinajstić information content (AvgIpc) is 3.38. The Balaban J connectivity index is 2.76. The van der Waals surface area contributed by atoms with Crippen molar-refractivity contribution in [2.75, 3.05) is 13.2 Å². The SMILES string of the molecule is CC/C=C/C/C=C/C/C=C/CCCCCCC(=O)OC1C(OCC(NC(=O)C(O)CCCCCCCC/C=C\C/C=C\CCCCC)C(O)/C=C/CCCCCCCCCCCCC)OC(CO)C(O)C1O. The zero-order valence-electron chi connectivity index (χ0n) is 45.8. The maximum absolute atomic E-state index is 13.4. The monoisotopic (exact) mass is 1010 g/mol. The van der Waals surface area contributed by atoms with Crippen molar-refractivity contribution in [2.24, 2.45) is 0 Å². The van der Waals surface area contributed by atoms with Crippen molar-refractivity contribution in [3.05, 3.63) is 72.9 Å². The van der Waals surface area contributed by atoms with Crippen LogP contribution in [0.3, 0.4) is 0 Å². The molecule has 1 fully saturated rings. The van der Waals surface area contributed by atoms with Crippen LogP contribution in [-0.4, -0.2) is 99.6 Å². The van der Waals surface area contributed by atoms with Gasteiger partial charge in [-0.1, -0.05) is 216 Å². The summed E-state index contributed by atoms with van der Waals surface area (Å²) in [6.45, 7) is 5.62. The molecule has 1 rings (SSSR count). The number of esters is 1.